The summed E-state index contributed by atoms with van der Waals surface area (Å²) >= 11 is 0. The molecule has 106 valence electrons. The van der Waals surface area contributed by atoms with Crippen molar-refractivity contribution in [3.05, 3.63) is 11.6 Å². The maximum absolute atomic E-state index is 11.8. The van der Waals surface area contributed by atoms with E-state index < -0.39 is 18.0 Å². The van der Waals surface area contributed by atoms with Gasteiger partial charge in [-0.25, -0.2) is 0 Å². The summed E-state index contributed by atoms with van der Waals surface area (Å²) in [6.07, 6.45) is 5.90. The lowest BCUT2D eigenvalue weighted by atomic mass is 10.0. The fraction of sp³-hybridized carbons (Fsp3) is 0.643. The zero-order valence-corrected chi connectivity index (χ0v) is 11.2. The Balaban J connectivity index is 2.15. The molecule has 0 aromatic heterocycles. The van der Waals surface area contributed by atoms with Gasteiger partial charge in [-0.2, -0.15) is 0 Å². The molecule has 0 aromatic rings. The molecule has 0 spiro atoms. The van der Waals surface area contributed by atoms with Crippen molar-refractivity contribution in [2.24, 2.45) is 0 Å². The number of carboxylic acid groups (broad SMARTS) is 1. The summed E-state index contributed by atoms with van der Waals surface area (Å²) in [5.74, 6) is -1.28. The molecule has 0 fully saturated rings. The van der Waals surface area contributed by atoms with Crippen LogP contribution in [0, 0.1) is 0 Å². The van der Waals surface area contributed by atoms with E-state index in [0.717, 1.165) is 24.8 Å². The molecule has 0 amide bonds. The van der Waals surface area contributed by atoms with Gasteiger partial charge in [0.1, 0.15) is 0 Å². The molecule has 19 heavy (non-hydrogen) atoms. The van der Waals surface area contributed by atoms with E-state index in [2.05, 4.69) is 0 Å². The van der Waals surface area contributed by atoms with Crippen LogP contribution in [0.4, 0.5) is 0 Å². The van der Waals surface area contributed by atoms with Gasteiger partial charge in [-0.05, 0) is 24.8 Å². The lowest BCUT2D eigenvalue weighted by Crippen LogP contribution is -2.22. The number of esters is 1. The van der Waals surface area contributed by atoms with Gasteiger partial charge in [0, 0.05) is 19.8 Å². The van der Waals surface area contributed by atoms with E-state index in [1.54, 1.807) is 0 Å². The number of Topliss-reactive ketones (excluding diaryl/α,β-unsaturated/α-hetero) is 1. The Kier molecular flexibility index (Phi) is 6.25. The molecular weight excluding hydrogens is 248 g/mol. The normalized spacial score (nSPS) is 18.3. The molecule has 0 aliphatic heterocycles. The number of hydrogen-bond donors (Lipinski definition) is 1. The summed E-state index contributed by atoms with van der Waals surface area (Å²) in [4.78, 5) is 32.9. The number of aliphatic carboxylic acids is 1. The highest BCUT2D eigenvalue weighted by atomic mass is 16.5. The second-order valence-corrected chi connectivity index (χ2v) is 4.74. The summed E-state index contributed by atoms with van der Waals surface area (Å²) in [5.41, 5.74) is 0.740. The molecule has 0 aromatic carbocycles. The van der Waals surface area contributed by atoms with Crippen molar-refractivity contribution in [2.75, 3.05) is 0 Å². The van der Waals surface area contributed by atoms with E-state index in [0.29, 0.717) is 19.3 Å². The molecule has 1 aliphatic rings. The van der Waals surface area contributed by atoms with Crippen molar-refractivity contribution in [3.63, 3.8) is 0 Å². The minimum Gasteiger partial charge on any atom is -0.481 e. The van der Waals surface area contributed by atoms with Gasteiger partial charge in [0.25, 0.3) is 0 Å². The predicted molar refractivity (Wildman–Crippen MR) is 68.6 cm³/mol. The first kappa shape index (κ1) is 15.4. The van der Waals surface area contributed by atoms with E-state index in [1.807, 2.05) is 6.08 Å². The molecule has 0 bridgehead atoms. The summed E-state index contributed by atoms with van der Waals surface area (Å²) in [5, 5.41) is 8.48. The van der Waals surface area contributed by atoms with Gasteiger partial charge in [0.2, 0.25) is 0 Å². The van der Waals surface area contributed by atoms with Crippen LogP contribution in [-0.4, -0.2) is 28.9 Å². The van der Waals surface area contributed by atoms with Crippen LogP contribution in [0.2, 0.25) is 0 Å². The Labute approximate surface area is 112 Å². The predicted octanol–water partition coefficient (Wildman–Crippen LogP) is 2.24. The highest BCUT2D eigenvalue weighted by Crippen LogP contribution is 2.23. The van der Waals surface area contributed by atoms with Crippen LogP contribution < -0.4 is 0 Å². The van der Waals surface area contributed by atoms with Crippen molar-refractivity contribution in [3.8, 4) is 0 Å². The molecule has 0 heterocycles. The molecule has 1 rings (SSSR count). The van der Waals surface area contributed by atoms with Crippen molar-refractivity contribution < 1.29 is 24.2 Å². The van der Waals surface area contributed by atoms with E-state index in [4.69, 9.17) is 9.84 Å². The molecule has 0 saturated heterocycles. The van der Waals surface area contributed by atoms with Gasteiger partial charge in [-0.3, -0.25) is 14.4 Å². The number of carbonyl (C=O) groups is 3. The van der Waals surface area contributed by atoms with Gasteiger partial charge >= 0.3 is 11.9 Å². The number of carboxylic acids is 1. The average Bonchev–Trinajstić information content (AvgIpc) is 2.65. The van der Waals surface area contributed by atoms with Gasteiger partial charge in [0.05, 0.1) is 0 Å². The van der Waals surface area contributed by atoms with E-state index >= 15 is 0 Å². The minimum atomic E-state index is -0.766. The SMILES string of the molecule is CC(=O)OC1CC=C(CCCCCCC(=O)O)C1=O. The Morgan fingerprint density at radius 2 is 2.00 bits per heavy atom. The number of hydrogen-bond acceptors (Lipinski definition) is 4. The Morgan fingerprint density at radius 1 is 1.32 bits per heavy atom. The fourth-order valence-corrected chi connectivity index (χ4v) is 2.14. The number of ketones is 1. The van der Waals surface area contributed by atoms with Crippen molar-refractivity contribution in [1.82, 2.24) is 0 Å². The molecule has 1 N–H and O–H groups in total. The van der Waals surface area contributed by atoms with Gasteiger partial charge in [0.15, 0.2) is 11.9 Å². The molecule has 0 radical (unpaired) electrons. The smallest absolute Gasteiger partial charge is 0.303 e. The first-order chi connectivity index (χ1) is 9.00. The first-order valence-corrected chi connectivity index (χ1v) is 6.63. The number of ether oxygens (including phenoxy) is 1. The zero-order chi connectivity index (χ0) is 14.3. The third-order valence-electron chi connectivity index (χ3n) is 3.08. The largest absolute Gasteiger partial charge is 0.481 e. The topological polar surface area (TPSA) is 80.7 Å². The molecular formula is C14H20O5. The van der Waals surface area contributed by atoms with E-state index in [1.165, 1.54) is 6.92 Å². The summed E-state index contributed by atoms with van der Waals surface area (Å²) < 4.78 is 4.92. The lowest BCUT2D eigenvalue weighted by Gasteiger charge is -2.09. The van der Waals surface area contributed by atoms with Gasteiger partial charge in [-0.15, -0.1) is 0 Å². The maximum Gasteiger partial charge on any atom is 0.303 e. The number of unbranched alkanes of at least 4 members (excludes halogenated alkanes) is 3. The monoisotopic (exact) mass is 268 g/mol. The highest BCUT2D eigenvalue weighted by molar-refractivity contribution is 6.02. The maximum atomic E-state index is 11.8. The minimum absolute atomic E-state index is 0.0827. The molecule has 5 heteroatoms. The van der Waals surface area contributed by atoms with Crippen molar-refractivity contribution in [2.45, 2.75) is 58.0 Å². The molecule has 0 saturated carbocycles. The van der Waals surface area contributed by atoms with E-state index in [9.17, 15) is 14.4 Å². The molecule has 1 atom stereocenters. The zero-order valence-electron chi connectivity index (χ0n) is 11.2. The Bertz CT molecular complexity index is 383. The standard InChI is InChI=1S/C14H20O5/c1-10(15)19-12-9-8-11(14(12)18)6-4-2-3-5-7-13(16)17/h8,12H,2-7,9H2,1H3,(H,16,17). The number of rotatable bonds is 8. The van der Waals surface area contributed by atoms with Crippen LogP contribution in [0.25, 0.3) is 0 Å². The molecule has 5 nitrogen and oxygen atoms in total. The van der Waals surface area contributed by atoms with Gasteiger partial charge < -0.3 is 9.84 Å². The van der Waals surface area contributed by atoms with Gasteiger partial charge in [-0.1, -0.05) is 18.9 Å². The highest BCUT2D eigenvalue weighted by Gasteiger charge is 2.28. The summed E-state index contributed by atoms with van der Waals surface area (Å²) in [7, 11) is 0. The Morgan fingerprint density at radius 3 is 2.63 bits per heavy atom. The molecule has 1 unspecified atom stereocenters. The quantitative estimate of drug-likeness (QED) is 0.539. The van der Waals surface area contributed by atoms with Crippen molar-refractivity contribution >= 4 is 17.7 Å². The third-order valence-corrected chi connectivity index (χ3v) is 3.08. The summed E-state index contributed by atoms with van der Waals surface area (Å²) in [6.45, 7) is 1.30. The van der Waals surface area contributed by atoms with Crippen LogP contribution in [0.1, 0.15) is 51.9 Å². The average molecular weight is 268 g/mol. The van der Waals surface area contributed by atoms with Crippen LogP contribution >= 0.6 is 0 Å². The van der Waals surface area contributed by atoms with Crippen LogP contribution in [0.5, 0.6) is 0 Å². The Hall–Kier alpha value is -1.65. The van der Waals surface area contributed by atoms with Crippen LogP contribution in [0.3, 0.4) is 0 Å². The number of carbonyl (C=O) groups excluding carboxylic acids is 2. The first-order valence-electron chi connectivity index (χ1n) is 6.63. The van der Waals surface area contributed by atoms with E-state index in [-0.39, 0.29) is 12.2 Å². The molecule has 1 aliphatic carbocycles. The third kappa shape index (κ3) is 5.68. The van der Waals surface area contributed by atoms with Crippen LogP contribution in [-0.2, 0) is 19.1 Å². The lowest BCUT2D eigenvalue weighted by molar-refractivity contribution is -0.150. The van der Waals surface area contributed by atoms with Crippen LogP contribution in [0.15, 0.2) is 11.6 Å². The second-order valence-electron chi connectivity index (χ2n) is 4.74. The summed E-state index contributed by atoms with van der Waals surface area (Å²) in [6, 6.07) is 0. The second kappa shape index (κ2) is 7.71. The fourth-order valence-electron chi connectivity index (χ4n) is 2.14. The van der Waals surface area contributed by atoms with Crippen molar-refractivity contribution in [1.29, 1.82) is 0 Å².